The van der Waals surface area contributed by atoms with Crippen molar-refractivity contribution >= 4 is 44.4 Å². The molecule has 1 N–H and O–H groups in total. The average molecular weight is 422 g/mol. The van der Waals surface area contributed by atoms with Crippen LogP contribution in [0.25, 0.3) is 0 Å². The SMILES string of the molecule is O=C(NCC1CCC(Br)CC1)c1ccc(I)cc1. The Morgan fingerprint density at radius 2 is 1.83 bits per heavy atom. The van der Waals surface area contributed by atoms with Gasteiger partial charge in [0.25, 0.3) is 5.91 Å². The monoisotopic (exact) mass is 421 g/mol. The number of halogens is 2. The van der Waals surface area contributed by atoms with Gasteiger partial charge in [-0.3, -0.25) is 4.79 Å². The summed E-state index contributed by atoms with van der Waals surface area (Å²) in [7, 11) is 0. The summed E-state index contributed by atoms with van der Waals surface area (Å²) in [5.74, 6) is 0.693. The van der Waals surface area contributed by atoms with E-state index >= 15 is 0 Å². The Morgan fingerprint density at radius 1 is 1.22 bits per heavy atom. The second-order valence-electron chi connectivity index (χ2n) is 4.83. The molecular formula is C14H17BrINO. The second kappa shape index (κ2) is 6.89. The van der Waals surface area contributed by atoms with E-state index < -0.39 is 0 Å². The minimum atomic E-state index is 0.0485. The summed E-state index contributed by atoms with van der Waals surface area (Å²) in [6, 6.07) is 7.69. The van der Waals surface area contributed by atoms with Crippen molar-refractivity contribution in [2.24, 2.45) is 5.92 Å². The highest BCUT2D eigenvalue weighted by Gasteiger charge is 2.19. The Balaban J connectivity index is 1.79. The van der Waals surface area contributed by atoms with E-state index in [0.717, 1.165) is 15.7 Å². The van der Waals surface area contributed by atoms with Gasteiger partial charge >= 0.3 is 0 Å². The first-order valence-corrected chi connectivity index (χ1v) is 8.32. The molecule has 0 aromatic heterocycles. The molecule has 1 saturated carbocycles. The van der Waals surface area contributed by atoms with E-state index in [-0.39, 0.29) is 5.91 Å². The van der Waals surface area contributed by atoms with E-state index in [4.69, 9.17) is 0 Å². The van der Waals surface area contributed by atoms with Crippen molar-refractivity contribution < 1.29 is 4.79 Å². The van der Waals surface area contributed by atoms with Crippen molar-refractivity contribution in [2.75, 3.05) is 6.54 Å². The zero-order chi connectivity index (χ0) is 13.0. The maximum atomic E-state index is 11.9. The minimum Gasteiger partial charge on any atom is -0.352 e. The highest BCUT2D eigenvalue weighted by molar-refractivity contribution is 14.1. The highest BCUT2D eigenvalue weighted by Crippen LogP contribution is 2.28. The van der Waals surface area contributed by atoms with Crippen molar-refractivity contribution in [3.05, 3.63) is 33.4 Å². The first-order valence-electron chi connectivity index (χ1n) is 6.33. The van der Waals surface area contributed by atoms with Crippen LogP contribution in [0.4, 0.5) is 0 Å². The molecule has 1 aliphatic carbocycles. The van der Waals surface area contributed by atoms with Gasteiger partial charge in [-0.1, -0.05) is 15.9 Å². The molecule has 18 heavy (non-hydrogen) atoms. The molecule has 0 spiro atoms. The van der Waals surface area contributed by atoms with E-state index in [9.17, 15) is 4.79 Å². The third-order valence-electron chi connectivity index (χ3n) is 3.43. The first-order chi connectivity index (χ1) is 8.65. The van der Waals surface area contributed by atoms with E-state index in [2.05, 4.69) is 43.8 Å². The van der Waals surface area contributed by atoms with Gasteiger partial charge in [-0.15, -0.1) is 0 Å². The highest BCUT2D eigenvalue weighted by atomic mass is 127. The number of amides is 1. The van der Waals surface area contributed by atoms with Crippen LogP contribution in [0.2, 0.25) is 0 Å². The average Bonchev–Trinajstić information content (AvgIpc) is 2.38. The number of rotatable bonds is 3. The van der Waals surface area contributed by atoms with Gasteiger partial charge in [-0.25, -0.2) is 0 Å². The molecule has 0 unspecified atom stereocenters. The van der Waals surface area contributed by atoms with Crippen LogP contribution in [0.5, 0.6) is 0 Å². The van der Waals surface area contributed by atoms with Crippen LogP contribution in [0.15, 0.2) is 24.3 Å². The van der Waals surface area contributed by atoms with Crippen molar-refractivity contribution in [1.82, 2.24) is 5.32 Å². The van der Waals surface area contributed by atoms with Gasteiger partial charge in [-0.2, -0.15) is 0 Å². The number of alkyl halides is 1. The van der Waals surface area contributed by atoms with Crippen LogP contribution < -0.4 is 5.32 Å². The number of hydrogen-bond donors (Lipinski definition) is 1. The maximum Gasteiger partial charge on any atom is 0.251 e. The summed E-state index contributed by atoms with van der Waals surface area (Å²) >= 11 is 5.89. The van der Waals surface area contributed by atoms with E-state index in [1.807, 2.05) is 24.3 Å². The standard InChI is InChI=1S/C14H17BrINO/c15-12-5-1-10(2-6-12)9-17-14(18)11-3-7-13(16)8-4-11/h3-4,7-8,10,12H,1-2,5-6,9H2,(H,17,18). The fraction of sp³-hybridized carbons (Fsp3) is 0.500. The summed E-state index contributed by atoms with van der Waals surface area (Å²) in [5.41, 5.74) is 0.754. The first kappa shape index (κ1) is 14.3. The van der Waals surface area contributed by atoms with Crippen molar-refractivity contribution in [3.63, 3.8) is 0 Å². The molecule has 2 nitrogen and oxygen atoms in total. The summed E-state index contributed by atoms with van der Waals surface area (Å²) in [6.45, 7) is 0.810. The van der Waals surface area contributed by atoms with Gasteiger partial charge in [0.05, 0.1) is 0 Å². The quantitative estimate of drug-likeness (QED) is 0.580. The van der Waals surface area contributed by atoms with E-state index in [1.54, 1.807) is 0 Å². The molecule has 0 bridgehead atoms. The Bertz CT molecular complexity index is 399. The molecule has 0 saturated heterocycles. The molecule has 1 aromatic carbocycles. The molecule has 1 fully saturated rings. The van der Waals surface area contributed by atoms with Gasteiger partial charge < -0.3 is 5.32 Å². The molecule has 1 aromatic rings. The molecule has 98 valence electrons. The number of carbonyl (C=O) groups is 1. The molecule has 1 aliphatic rings. The number of hydrogen-bond acceptors (Lipinski definition) is 1. The third-order valence-corrected chi connectivity index (χ3v) is 5.07. The summed E-state index contributed by atoms with van der Waals surface area (Å²) in [6.07, 6.45) is 4.87. The summed E-state index contributed by atoms with van der Waals surface area (Å²) in [5, 5.41) is 3.05. The zero-order valence-corrected chi connectivity index (χ0v) is 13.9. The van der Waals surface area contributed by atoms with Gasteiger partial charge in [0.15, 0.2) is 0 Å². The van der Waals surface area contributed by atoms with Crippen molar-refractivity contribution in [2.45, 2.75) is 30.5 Å². The van der Waals surface area contributed by atoms with Crippen LogP contribution in [0, 0.1) is 9.49 Å². The Labute approximate surface area is 130 Å². The Kier molecular flexibility index (Phi) is 5.48. The lowest BCUT2D eigenvalue weighted by atomic mass is 9.89. The molecule has 4 heteroatoms. The maximum absolute atomic E-state index is 11.9. The molecule has 0 aliphatic heterocycles. The zero-order valence-electron chi connectivity index (χ0n) is 10.2. The third kappa shape index (κ3) is 4.23. The molecule has 1 amide bonds. The summed E-state index contributed by atoms with van der Waals surface area (Å²) in [4.78, 5) is 12.6. The lowest BCUT2D eigenvalue weighted by Gasteiger charge is -2.25. The summed E-state index contributed by atoms with van der Waals surface area (Å²) < 4.78 is 1.15. The lowest BCUT2D eigenvalue weighted by Crippen LogP contribution is -2.31. The minimum absolute atomic E-state index is 0.0485. The van der Waals surface area contributed by atoms with E-state index in [0.29, 0.717) is 10.7 Å². The fourth-order valence-electron chi connectivity index (χ4n) is 2.27. The van der Waals surface area contributed by atoms with Crippen LogP contribution in [-0.4, -0.2) is 17.3 Å². The van der Waals surface area contributed by atoms with Crippen LogP contribution in [0.1, 0.15) is 36.0 Å². The van der Waals surface area contributed by atoms with Crippen LogP contribution >= 0.6 is 38.5 Å². The Hall–Kier alpha value is -0.100. The molecule has 0 radical (unpaired) electrons. The number of nitrogens with one attached hydrogen (secondary N) is 1. The fourth-order valence-corrected chi connectivity index (χ4v) is 3.15. The lowest BCUT2D eigenvalue weighted by molar-refractivity contribution is 0.0944. The predicted molar refractivity (Wildman–Crippen MR) is 86.2 cm³/mol. The van der Waals surface area contributed by atoms with Crippen LogP contribution in [0.3, 0.4) is 0 Å². The molecule has 2 rings (SSSR count). The topological polar surface area (TPSA) is 29.1 Å². The Morgan fingerprint density at radius 3 is 2.44 bits per heavy atom. The van der Waals surface area contributed by atoms with E-state index in [1.165, 1.54) is 25.7 Å². The van der Waals surface area contributed by atoms with Crippen LogP contribution in [-0.2, 0) is 0 Å². The van der Waals surface area contributed by atoms with Gasteiger partial charge in [0.2, 0.25) is 0 Å². The predicted octanol–water partition coefficient (Wildman–Crippen LogP) is 3.97. The van der Waals surface area contributed by atoms with Gasteiger partial charge in [0.1, 0.15) is 0 Å². The molecular weight excluding hydrogens is 405 g/mol. The van der Waals surface area contributed by atoms with Crippen molar-refractivity contribution in [3.8, 4) is 0 Å². The van der Waals surface area contributed by atoms with Crippen molar-refractivity contribution in [1.29, 1.82) is 0 Å². The van der Waals surface area contributed by atoms with Gasteiger partial charge in [-0.05, 0) is 78.5 Å². The second-order valence-corrected chi connectivity index (χ2v) is 7.38. The largest absolute Gasteiger partial charge is 0.352 e. The normalized spacial score (nSPS) is 23.7. The molecule has 0 heterocycles. The number of benzene rings is 1. The van der Waals surface area contributed by atoms with Gasteiger partial charge in [0, 0.05) is 20.5 Å². The smallest absolute Gasteiger partial charge is 0.251 e. The number of carbonyl (C=O) groups excluding carboxylic acids is 1. The molecule has 0 atom stereocenters.